The Kier molecular flexibility index (Phi) is 42.3. The summed E-state index contributed by atoms with van der Waals surface area (Å²) in [6.07, 6.45) is 54.3. The number of carbonyl (C=O) groups excluding carboxylic acids is 2. The maximum Gasteiger partial charge on any atom is 0.472 e. The number of nitrogens with zero attached hydrogens (tertiary/aromatic N) is 1. The van der Waals surface area contributed by atoms with Gasteiger partial charge in [0.1, 0.15) is 19.8 Å². The second-order valence-electron chi connectivity index (χ2n) is 17.8. The number of phosphoric acid groups is 1. The van der Waals surface area contributed by atoms with Gasteiger partial charge in [0.05, 0.1) is 27.7 Å². The van der Waals surface area contributed by atoms with Gasteiger partial charge in [-0.25, -0.2) is 4.57 Å². The first-order valence-electron chi connectivity index (χ1n) is 25.0. The smallest absolute Gasteiger partial charge is 0.462 e. The van der Waals surface area contributed by atoms with Gasteiger partial charge in [0.25, 0.3) is 0 Å². The van der Waals surface area contributed by atoms with Crippen LogP contribution in [0.2, 0.25) is 0 Å². The molecule has 0 radical (unpaired) electrons. The largest absolute Gasteiger partial charge is 0.472 e. The number of likely N-dealkylation sites (N-methyl/N-ethyl adjacent to an activating group) is 1. The Labute approximate surface area is 381 Å². The molecule has 9 nitrogen and oxygen atoms in total. The number of hydrogen-bond acceptors (Lipinski definition) is 7. The molecule has 0 aliphatic rings. The fourth-order valence-corrected chi connectivity index (χ4v) is 7.44. The van der Waals surface area contributed by atoms with Crippen LogP contribution in [0.15, 0.2) is 60.8 Å². The minimum Gasteiger partial charge on any atom is -0.462 e. The molecular weight excluding hydrogens is 798 g/mol. The number of esters is 2. The van der Waals surface area contributed by atoms with Crippen LogP contribution in [0.5, 0.6) is 0 Å². The summed E-state index contributed by atoms with van der Waals surface area (Å²) in [6, 6.07) is 0. The van der Waals surface area contributed by atoms with Gasteiger partial charge in [0, 0.05) is 12.8 Å². The molecule has 0 fully saturated rings. The van der Waals surface area contributed by atoms with E-state index in [1.807, 2.05) is 27.2 Å². The predicted octanol–water partition coefficient (Wildman–Crippen LogP) is 14.8. The summed E-state index contributed by atoms with van der Waals surface area (Å²) in [5.41, 5.74) is 0. The minimum absolute atomic E-state index is 0.0199. The highest BCUT2D eigenvalue weighted by Gasteiger charge is 2.27. The van der Waals surface area contributed by atoms with E-state index in [-0.39, 0.29) is 32.0 Å². The third kappa shape index (κ3) is 47.2. The van der Waals surface area contributed by atoms with E-state index in [2.05, 4.69) is 68.5 Å². The molecule has 1 unspecified atom stereocenters. The second-order valence-corrected chi connectivity index (χ2v) is 19.3. The lowest BCUT2D eigenvalue weighted by molar-refractivity contribution is -0.870. The van der Waals surface area contributed by atoms with E-state index in [9.17, 15) is 19.0 Å². The number of quaternary nitrogens is 1. The maximum absolute atomic E-state index is 12.7. The van der Waals surface area contributed by atoms with Gasteiger partial charge in [-0.15, -0.1) is 0 Å². The van der Waals surface area contributed by atoms with E-state index in [1.165, 1.54) is 116 Å². The van der Waals surface area contributed by atoms with Crippen molar-refractivity contribution in [1.29, 1.82) is 0 Å². The molecule has 62 heavy (non-hydrogen) atoms. The molecule has 0 saturated heterocycles. The molecule has 0 heterocycles. The van der Waals surface area contributed by atoms with Crippen molar-refractivity contribution in [2.75, 3.05) is 47.5 Å². The highest BCUT2D eigenvalue weighted by Crippen LogP contribution is 2.43. The van der Waals surface area contributed by atoms with E-state index >= 15 is 0 Å². The fourth-order valence-electron chi connectivity index (χ4n) is 6.70. The van der Waals surface area contributed by atoms with Gasteiger partial charge in [0.15, 0.2) is 6.10 Å². The molecule has 0 aliphatic carbocycles. The zero-order valence-corrected chi connectivity index (χ0v) is 41.5. The van der Waals surface area contributed by atoms with Crippen molar-refractivity contribution in [1.82, 2.24) is 0 Å². The van der Waals surface area contributed by atoms with Gasteiger partial charge < -0.3 is 18.9 Å². The standard InChI is InChI=1S/C52H94NO8P/c1-6-8-10-12-14-16-18-20-22-24-25-26-27-29-30-32-34-36-38-40-42-44-51(54)58-48-50(49-60-62(56,57)59-47-46-53(3,4)5)61-52(55)45-43-41-39-37-35-33-31-28-23-21-19-17-15-13-11-9-7-2/h9,11,15,17,21,23,31,33,37,39,50H,6-8,10,12-14,16,18-20,22,24-30,32,34-36,38,40-49H2,1-5H3/p+1/b11-9-,17-15-,23-21-,33-31-,39-37-/t50-/m1/s1. The number of allylic oxidation sites excluding steroid dienone is 10. The van der Waals surface area contributed by atoms with Crippen LogP contribution in [0.4, 0.5) is 0 Å². The summed E-state index contributed by atoms with van der Waals surface area (Å²) in [4.78, 5) is 35.5. The zero-order chi connectivity index (χ0) is 45.7. The van der Waals surface area contributed by atoms with Crippen molar-refractivity contribution in [3.8, 4) is 0 Å². The third-order valence-corrected chi connectivity index (χ3v) is 11.5. The Bertz CT molecular complexity index is 1240. The van der Waals surface area contributed by atoms with Crippen molar-refractivity contribution in [2.45, 2.75) is 213 Å². The molecule has 0 spiro atoms. The number of unbranched alkanes of at least 4 members (excludes halogenated alkanes) is 21. The van der Waals surface area contributed by atoms with E-state index in [0.717, 1.165) is 51.4 Å². The minimum atomic E-state index is -4.40. The van der Waals surface area contributed by atoms with Crippen LogP contribution in [0, 0.1) is 0 Å². The fraction of sp³-hybridized carbons (Fsp3) is 0.769. The lowest BCUT2D eigenvalue weighted by atomic mass is 10.0. The topological polar surface area (TPSA) is 108 Å². The van der Waals surface area contributed by atoms with Crippen molar-refractivity contribution >= 4 is 19.8 Å². The van der Waals surface area contributed by atoms with Gasteiger partial charge in [-0.05, 0) is 51.4 Å². The Morgan fingerprint density at radius 3 is 1.35 bits per heavy atom. The molecule has 0 aromatic carbocycles. The lowest BCUT2D eigenvalue weighted by Crippen LogP contribution is -2.37. The van der Waals surface area contributed by atoms with Crippen molar-refractivity contribution in [2.24, 2.45) is 0 Å². The molecule has 0 saturated carbocycles. The molecule has 0 aliphatic heterocycles. The summed E-state index contributed by atoms with van der Waals surface area (Å²) in [6.45, 7) is 4.26. The molecule has 1 N–H and O–H groups in total. The van der Waals surface area contributed by atoms with Crippen LogP contribution in [-0.2, 0) is 32.7 Å². The molecule has 0 aromatic heterocycles. The summed E-state index contributed by atoms with van der Waals surface area (Å²) < 4.78 is 34.3. The molecule has 360 valence electrons. The van der Waals surface area contributed by atoms with E-state index in [4.69, 9.17) is 18.5 Å². The number of rotatable bonds is 45. The Balaban J connectivity index is 4.31. The average Bonchev–Trinajstić information content (AvgIpc) is 3.23. The number of phosphoric ester groups is 1. The highest BCUT2D eigenvalue weighted by atomic mass is 31.2. The van der Waals surface area contributed by atoms with Gasteiger partial charge in [0.2, 0.25) is 0 Å². The van der Waals surface area contributed by atoms with Gasteiger partial charge in [-0.2, -0.15) is 0 Å². The first kappa shape index (κ1) is 59.7. The van der Waals surface area contributed by atoms with Crippen LogP contribution in [0.25, 0.3) is 0 Å². The van der Waals surface area contributed by atoms with Gasteiger partial charge in [-0.1, -0.05) is 203 Å². The SMILES string of the molecule is CC/C=C\C/C=C\C/C=C\C/C=C\C/C=C\CCCC(=O)O[C@H](COC(=O)CCCCCCCCCCCCCCCCCCCCCCC)COP(=O)(O)OCC[N+](C)(C)C. The molecular formula is C52H95NO8P+. The third-order valence-electron chi connectivity index (χ3n) is 10.6. The van der Waals surface area contributed by atoms with Crippen LogP contribution >= 0.6 is 7.82 Å². The maximum atomic E-state index is 12.7. The Hall–Kier alpha value is -2.29. The monoisotopic (exact) mass is 893 g/mol. The highest BCUT2D eigenvalue weighted by molar-refractivity contribution is 7.47. The van der Waals surface area contributed by atoms with E-state index < -0.39 is 26.5 Å². The van der Waals surface area contributed by atoms with E-state index in [0.29, 0.717) is 23.9 Å². The van der Waals surface area contributed by atoms with Crippen molar-refractivity contribution in [3.63, 3.8) is 0 Å². The summed E-state index contributed by atoms with van der Waals surface area (Å²) >= 11 is 0. The number of ether oxygens (including phenoxy) is 2. The van der Waals surface area contributed by atoms with Crippen molar-refractivity contribution in [3.05, 3.63) is 60.8 Å². The first-order valence-corrected chi connectivity index (χ1v) is 26.5. The van der Waals surface area contributed by atoms with E-state index in [1.54, 1.807) is 0 Å². The quantitative estimate of drug-likeness (QED) is 0.0212. The molecule has 0 bridgehead atoms. The number of hydrogen-bond donors (Lipinski definition) is 1. The van der Waals surface area contributed by atoms with Gasteiger partial charge in [-0.3, -0.25) is 18.6 Å². The molecule has 2 atom stereocenters. The molecule has 0 amide bonds. The summed E-state index contributed by atoms with van der Waals surface area (Å²) in [5.74, 6) is -0.862. The van der Waals surface area contributed by atoms with Crippen molar-refractivity contribution < 1.29 is 42.1 Å². The Morgan fingerprint density at radius 2 is 0.919 bits per heavy atom. The summed E-state index contributed by atoms with van der Waals surface area (Å²) in [7, 11) is 1.44. The average molecular weight is 893 g/mol. The van der Waals surface area contributed by atoms with Crippen LogP contribution in [0.3, 0.4) is 0 Å². The molecule has 0 rings (SSSR count). The van der Waals surface area contributed by atoms with Crippen LogP contribution in [-0.4, -0.2) is 74.9 Å². The Morgan fingerprint density at radius 1 is 0.516 bits per heavy atom. The first-order chi connectivity index (χ1) is 30.0. The normalized spacial score (nSPS) is 14.0. The summed E-state index contributed by atoms with van der Waals surface area (Å²) in [5, 5.41) is 0. The number of carbonyl (C=O) groups is 2. The second kappa shape index (κ2) is 43.9. The lowest BCUT2D eigenvalue weighted by Gasteiger charge is -2.24. The molecule has 10 heteroatoms. The van der Waals surface area contributed by atoms with Crippen LogP contribution in [0.1, 0.15) is 206 Å². The molecule has 0 aromatic rings. The predicted molar refractivity (Wildman–Crippen MR) is 261 cm³/mol. The zero-order valence-electron chi connectivity index (χ0n) is 40.6. The van der Waals surface area contributed by atoms with Crippen LogP contribution < -0.4 is 0 Å². The van der Waals surface area contributed by atoms with Gasteiger partial charge >= 0.3 is 19.8 Å².